The summed E-state index contributed by atoms with van der Waals surface area (Å²) in [5, 5.41) is 24.6. The topological polar surface area (TPSA) is 131 Å². The van der Waals surface area contributed by atoms with Gasteiger partial charge in [0.05, 0.1) is 18.1 Å². The first kappa shape index (κ1) is 34.5. The number of anilines is 1. The first-order valence-corrected chi connectivity index (χ1v) is 18.6. The minimum Gasteiger partial charge on any atom is -0.388 e. The first-order chi connectivity index (χ1) is 22.8. The second kappa shape index (κ2) is 13.9. The first-order valence-electron chi connectivity index (χ1n) is 16.0. The van der Waals surface area contributed by atoms with Crippen LogP contribution in [0.25, 0.3) is 21.1 Å². The third-order valence-corrected chi connectivity index (χ3v) is 11.7. The molecule has 0 radical (unpaired) electrons. The average Bonchev–Trinajstić information content (AvgIpc) is 3.61. The second-order valence-corrected chi connectivity index (χ2v) is 15.7. The van der Waals surface area contributed by atoms with Crippen LogP contribution in [0.2, 0.25) is 0 Å². The molecular formula is C32H39F3N8O3S2. The Kier molecular flexibility index (Phi) is 9.99. The fourth-order valence-electron chi connectivity index (χ4n) is 6.70. The van der Waals surface area contributed by atoms with Crippen molar-refractivity contribution in [2.75, 3.05) is 57.4 Å². The van der Waals surface area contributed by atoms with E-state index in [0.29, 0.717) is 54.5 Å². The lowest BCUT2D eigenvalue weighted by atomic mass is 10.0. The van der Waals surface area contributed by atoms with Gasteiger partial charge in [-0.2, -0.15) is 22.7 Å². The van der Waals surface area contributed by atoms with Crippen molar-refractivity contribution in [3.05, 3.63) is 51.8 Å². The predicted octanol–water partition coefficient (Wildman–Crippen LogP) is 4.08. The Hall–Kier alpha value is -3.33. The predicted molar refractivity (Wildman–Crippen MR) is 179 cm³/mol. The average molecular weight is 705 g/mol. The number of thiophene rings is 1. The third-order valence-electron chi connectivity index (χ3n) is 9.35. The van der Waals surface area contributed by atoms with Gasteiger partial charge in [0.25, 0.3) is 0 Å². The molecule has 2 N–H and O–H groups in total. The van der Waals surface area contributed by atoms with Crippen LogP contribution in [0, 0.1) is 18.3 Å². The monoisotopic (exact) mass is 704 g/mol. The maximum atomic E-state index is 13.0. The molecule has 3 aromatic heterocycles. The number of hydrogen-bond acceptors (Lipinski definition) is 10. The minimum absolute atomic E-state index is 0.0713. The molecule has 0 spiro atoms. The van der Waals surface area contributed by atoms with E-state index >= 15 is 0 Å². The lowest BCUT2D eigenvalue weighted by Crippen LogP contribution is -2.48. The number of aliphatic hydroxyl groups excluding tert-OH is 1. The van der Waals surface area contributed by atoms with Crippen LogP contribution >= 0.6 is 11.3 Å². The Morgan fingerprint density at radius 1 is 1.04 bits per heavy atom. The SMILES string of the molecule is Cc1c(CN2CCC(Nc3nc(CO)nc4sc(CC(F)(F)F)cc34)CC2)ccc2c1cc(C#N)n2CCN1CCN(S(C)(=O)=O)CC1. The molecule has 1 aromatic carbocycles. The summed E-state index contributed by atoms with van der Waals surface area (Å²) in [7, 11) is -3.19. The maximum Gasteiger partial charge on any atom is 0.393 e. The number of fused-ring (bicyclic) bond motifs is 2. The van der Waals surface area contributed by atoms with E-state index in [1.807, 2.05) is 6.07 Å². The molecule has 2 aliphatic rings. The van der Waals surface area contributed by atoms with Crippen molar-refractivity contribution < 1.29 is 26.7 Å². The summed E-state index contributed by atoms with van der Waals surface area (Å²) < 4.78 is 66.4. The van der Waals surface area contributed by atoms with E-state index in [1.165, 1.54) is 22.2 Å². The number of alkyl halides is 3. The van der Waals surface area contributed by atoms with Crippen molar-refractivity contribution in [3.63, 3.8) is 0 Å². The van der Waals surface area contributed by atoms with Gasteiger partial charge in [0.15, 0.2) is 5.82 Å². The summed E-state index contributed by atoms with van der Waals surface area (Å²) in [5.41, 5.74) is 3.94. The fourth-order valence-corrected chi connectivity index (χ4v) is 8.61. The number of halogens is 3. The zero-order valence-corrected chi connectivity index (χ0v) is 28.6. The minimum atomic E-state index is -4.32. The number of nitriles is 1. The highest BCUT2D eigenvalue weighted by molar-refractivity contribution is 7.88. The van der Waals surface area contributed by atoms with Crippen LogP contribution in [0.4, 0.5) is 19.0 Å². The highest BCUT2D eigenvalue weighted by Gasteiger charge is 2.30. The van der Waals surface area contributed by atoms with Crippen LogP contribution in [-0.2, 0) is 36.1 Å². The van der Waals surface area contributed by atoms with Crippen molar-refractivity contribution in [3.8, 4) is 6.07 Å². The van der Waals surface area contributed by atoms with Crippen molar-refractivity contribution in [1.82, 2.24) is 28.6 Å². The van der Waals surface area contributed by atoms with E-state index in [2.05, 4.69) is 54.8 Å². The van der Waals surface area contributed by atoms with Gasteiger partial charge in [-0.1, -0.05) is 6.07 Å². The number of rotatable bonds is 10. The van der Waals surface area contributed by atoms with Crippen LogP contribution in [0.1, 0.15) is 40.4 Å². The van der Waals surface area contributed by atoms with Gasteiger partial charge in [-0.15, -0.1) is 11.3 Å². The van der Waals surface area contributed by atoms with Gasteiger partial charge in [0.2, 0.25) is 10.0 Å². The quantitative estimate of drug-likeness (QED) is 0.251. The van der Waals surface area contributed by atoms with Crippen LogP contribution in [0.3, 0.4) is 0 Å². The van der Waals surface area contributed by atoms with E-state index < -0.39 is 29.2 Å². The number of aryl methyl sites for hydroxylation is 1. The molecule has 4 aromatic rings. The van der Waals surface area contributed by atoms with Gasteiger partial charge in [0.1, 0.15) is 29.0 Å². The number of benzene rings is 1. The van der Waals surface area contributed by atoms with Crippen LogP contribution in [0.5, 0.6) is 0 Å². The van der Waals surface area contributed by atoms with Crippen LogP contribution in [0.15, 0.2) is 24.3 Å². The number of aliphatic hydroxyl groups is 1. The summed E-state index contributed by atoms with van der Waals surface area (Å²) in [5.74, 6) is 0.636. The number of aromatic nitrogens is 3. The molecule has 2 fully saturated rings. The number of piperidine rings is 1. The van der Waals surface area contributed by atoms with E-state index in [-0.39, 0.29) is 16.7 Å². The molecule has 258 valence electrons. The molecule has 6 rings (SSSR count). The highest BCUT2D eigenvalue weighted by atomic mass is 32.2. The molecule has 5 heterocycles. The standard InChI is InChI=1S/C32H39F3N8O3S2/c1-21-22(3-4-28-26(21)15-24(18-36)43(28)14-11-40-9-12-42(13-10-40)48(2,45)46)19-41-7-5-23(6-8-41)37-30-27-16-25(17-32(33,34)35)47-31(27)39-29(20-44)38-30/h3-4,15-16,23,44H,5-14,17,19-20H2,1-2H3,(H,37,38,39). The summed E-state index contributed by atoms with van der Waals surface area (Å²) in [6, 6.07) is 10.1. The van der Waals surface area contributed by atoms with Crippen molar-refractivity contribution >= 4 is 48.3 Å². The Balaban J connectivity index is 1.08. The number of sulfonamides is 1. The second-order valence-electron chi connectivity index (χ2n) is 12.6. The van der Waals surface area contributed by atoms with Crippen LogP contribution < -0.4 is 5.32 Å². The molecule has 2 saturated heterocycles. The lowest BCUT2D eigenvalue weighted by Gasteiger charge is -2.33. The Morgan fingerprint density at radius 3 is 2.42 bits per heavy atom. The Bertz CT molecular complexity index is 1940. The van der Waals surface area contributed by atoms with Crippen molar-refractivity contribution in [2.24, 2.45) is 0 Å². The van der Waals surface area contributed by atoms with Gasteiger partial charge in [-0.3, -0.25) is 9.80 Å². The molecule has 0 saturated carbocycles. The van der Waals surface area contributed by atoms with Gasteiger partial charge >= 0.3 is 6.18 Å². The number of hydrogen-bond donors (Lipinski definition) is 2. The smallest absolute Gasteiger partial charge is 0.388 e. The molecule has 48 heavy (non-hydrogen) atoms. The van der Waals surface area contributed by atoms with Gasteiger partial charge in [0, 0.05) is 80.7 Å². The normalized spacial score (nSPS) is 17.8. The molecule has 0 aliphatic carbocycles. The molecule has 16 heteroatoms. The van der Waals surface area contributed by atoms with E-state index in [1.54, 1.807) is 0 Å². The molecule has 0 amide bonds. The Morgan fingerprint density at radius 2 is 1.77 bits per heavy atom. The van der Waals surface area contributed by atoms with Gasteiger partial charge < -0.3 is 15.0 Å². The summed E-state index contributed by atoms with van der Waals surface area (Å²) in [6.07, 6.45) is -2.48. The molecule has 11 nitrogen and oxygen atoms in total. The van der Waals surface area contributed by atoms with E-state index in [0.717, 1.165) is 66.8 Å². The summed E-state index contributed by atoms with van der Waals surface area (Å²) >= 11 is 0.975. The highest BCUT2D eigenvalue weighted by Crippen LogP contribution is 2.34. The summed E-state index contributed by atoms with van der Waals surface area (Å²) in [6.45, 7) is 7.71. The largest absolute Gasteiger partial charge is 0.393 e. The van der Waals surface area contributed by atoms with E-state index in [4.69, 9.17) is 0 Å². The zero-order chi connectivity index (χ0) is 34.2. The molecule has 2 aliphatic heterocycles. The Labute approximate surface area is 281 Å². The number of piperazine rings is 1. The maximum absolute atomic E-state index is 13.0. The van der Waals surface area contributed by atoms with Crippen molar-refractivity contribution in [2.45, 2.75) is 58.1 Å². The number of nitrogens with zero attached hydrogens (tertiary/aromatic N) is 7. The summed E-state index contributed by atoms with van der Waals surface area (Å²) in [4.78, 5) is 13.9. The molecule has 0 bridgehead atoms. The number of likely N-dealkylation sites (tertiary alicyclic amines) is 1. The zero-order valence-electron chi connectivity index (χ0n) is 26.9. The molecular weight excluding hydrogens is 666 g/mol. The molecule has 0 unspecified atom stereocenters. The van der Waals surface area contributed by atoms with Crippen molar-refractivity contribution in [1.29, 1.82) is 5.26 Å². The van der Waals surface area contributed by atoms with E-state index in [9.17, 15) is 32.0 Å². The van der Waals surface area contributed by atoms with Crippen LogP contribution in [-0.4, -0.2) is 106 Å². The van der Waals surface area contributed by atoms with Gasteiger partial charge in [-0.25, -0.2) is 18.4 Å². The number of nitrogens with one attached hydrogen (secondary N) is 1. The molecule has 0 atom stereocenters. The van der Waals surface area contributed by atoms with Gasteiger partial charge in [-0.05, 0) is 49.1 Å². The lowest BCUT2D eigenvalue weighted by molar-refractivity contribution is -0.126. The fraction of sp³-hybridized carbons (Fsp3) is 0.531. The third kappa shape index (κ3) is 7.77.